The molecule has 1 aromatic heterocycles. The first kappa shape index (κ1) is 13.3. The highest BCUT2D eigenvalue weighted by molar-refractivity contribution is 5.16. The SMILES string of the molecule is CCC(C)CN(CC)Cc1occc1CN. The molecule has 16 heavy (non-hydrogen) atoms. The first-order valence-electron chi connectivity index (χ1n) is 6.18. The van der Waals surface area contributed by atoms with Crippen molar-refractivity contribution in [3.63, 3.8) is 0 Å². The number of rotatable bonds is 7. The first-order valence-corrected chi connectivity index (χ1v) is 6.18. The fourth-order valence-electron chi connectivity index (χ4n) is 1.77. The summed E-state index contributed by atoms with van der Waals surface area (Å²) in [6.07, 6.45) is 2.95. The van der Waals surface area contributed by atoms with Crippen LogP contribution in [0.25, 0.3) is 0 Å². The van der Waals surface area contributed by atoms with Gasteiger partial charge >= 0.3 is 0 Å². The van der Waals surface area contributed by atoms with Crippen molar-refractivity contribution in [2.45, 2.75) is 40.3 Å². The van der Waals surface area contributed by atoms with Gasteiger partial charge < -0.3 is 10.2 Å². The molecule has 0 aliphatic heterocycles. The summed E-state index contributed by atoms with van der Waals surface area (Å²) in [6, 6.07) is 1.96. The third-order valence-electron chi connectivity index (χ3n) is 3.14. The van der Waals surface area contributed by atoms with Gasteiger partial charge in [0.05, 0.1) is 12.8 Å². The normalized spacial score (nSPS) is 13.3. The molecular formula is C13H24N2O. The van der Waals surface area contributed by atoms with Crippen LogP contribution in [-0.4, -0.2) is 18.0 Å². The predicted octanol–water partition coefficient (Wildman–Crippen LogP) is 2.61. The lowest BCUT2D eigenvalue weighted by atomic mass is 10.1. The van der Waals surface area contributed by atoms with Crippen molar-refractivity contribution in [2.75, 3.05) is 13.1 Å². The second-order valence-electron chi connectivity index (χ2n) is 4.41. The van der Waals surface area contributed by atoms with Crippen LogP contribution in [-0.2, 0) is 13.1 Å². The largest absolute Gasteiger partial charge is 0.468 e. The maximum Gasteiger partial charge on any atom is 0.122 e. The Labute approximate surface area is 98.6 Å². The average molecular weight is 224 g/mol. The maximum atomic E-state index is 5.66. The van der Waals surface area contributed by atoms with Crippen molar-refractivity contribution >= 4 is 0 Å². The van der Waals surface area contributed by atoms with Gasteiger partial charge in [-0.05, 0) is 18.5 Å². The lowest BCUT2D eigenvalue weighted by Gasteiger charge is -2.23. The van der Waals surface area contributed by atoms with Crippen molar-refractivity contribution in [3.05, 3.63) is 23.7 Å². The van der Waals surface area contributed by atoms with Crippen LogP contribution >= 0.6 is 0 Å². The van der Waals surface area contributed by atoms with E-state index in [4.69, 9.17) is 10.2 Å². The molecule has 0 saturated carbocycles. The zero-order chi connectivity index (χ0) is 12.0. The zero-order valence-corrected chi connectivity index (χ0v) is 10.7. The highest BCUT2D eigenvalue weighted by atomic mass is 16.3. The summed E-state index contributed by atoms with van der Waals surface area (Å²) in [5.74, 6) is 1.75. The van der Waals surface area contributed by atoms with E-state index < -0.39 is 0 Å². The second-order valence-corrected chi connectivity index (χ2v) is 4.41. The molecule has 1 heterocycles. The molecule has 2 N–H and O–H groups in total. The van der Waals surface area contributed by atoms with E-state index in [9.17, 15) is 0 Å². The lowest BCUT2D eigenvalue weighted by Crippen LogP contribution is -2.28. The fraction of sp³-hybridized carbons (Fsp3) is 0.692. The molecule has 0 fully saturated rings. The molecule has 92 valence electrons. The molecule has 0 saturated heterocycles. The molecule has 1 atom stereocenters. The standard InChI is InChI=1S/C13H24N2O/c1-4-11(3)9-15(5-2)10-13-12(8-14)6-7-16-13/h6-7,11H,4-5,8-10,14H2,1-3H3. The molecule has 1 aromatic rings. The monoisotopic (exact) mass is 224 g/mol. The third-order valence-corrected chi connectivity index (χ3v) is 3.14. The Bertz CT molecular complexity index is 296. The Hall–Kier alpha value is -0.800. The summed E-state index contributed by atoms with van der Waals surface area (Å²) >= 11 is 0. The number of furan rings is 1. The van der Waals surface area contributed by atoms with Gasteiger partial charge in [-0.3, -0.25) is 4.90 Å². The smallest absolute Gasteiger partial charge is 0.122 e. The first-order chi connectivity index (χ1) is 7.71. The third kappa shape index (κ3) is 3.65. The van der Waals surface area contributed by atoms with E-state index in [1.165, 1.54) is 6.42 Å². The fourth-order valence-corrected chi connectivity index (χ4v) is 1.77. The molecule has 1 unspecified atom stereocenters. The molecule has 0 aliphatic rings. The topological polar surface area (TPSA) is 42.4 Å². The van der Waals surface area contributed by atoms with Gasteiger partial charge in [-0.15, -0.1) is 0 Å². The Morgan fingerprint density at radius 1 is 1.44 bits per heavy atom. The Morgan fingerprint density at radius 3 is 2.75 bits per heavy atom. The van der Waals surface area contributed by atoms with Crippen LogP contribution in [0.5, 0.6) is 0 Å². The Morgan fingerprint density at radius 2 is 2.19 bits per heavy atom. The Balaban J connectivity index is 2.56. The van der Waals surface area contributed by atoms with Crippen molar-refractivity contribution in [1.82, 2.24) is 4.90 Å². The molecular weight excluding hydrogens is 200 g/mol. The van der Waals surface area contributed by atoms with E-state index in [2.05, 4.69) is 25.7 Å². The predicted molar refractivity (Wildman–Crippen MR) is 67.0 cm³/mol. The molecule has 0 aromatic carbocycles. The highest BCUT2D eigenvalue weighted by Gasteiger charge is 2.12. The maximum absolute atomic E-state index is 5.66. The molecule has 0 bridgehead atoms. The van der Waals surface area contributed by atoms with Gasteiger partial charge in [0.2, 0.25) is 0 Å². The van der Waals surface area contributed by atoms with Crippen molar-refractivity contribution in [3.8, 4) is 0 Å². The Kier molecular flexibility index (Phi) is 5.56. The van der Waals surface area contributed by atoms with Crippen LogP contribution in [0, 0.1) is 5.92 Å². The second kappa shape index (κ2) is 6.71. The number of nitrogens with two attached hydrogens (primary N) is 1. The summed E-state index contributed by atoms with van der Waals surface area (Å²) in [6.45, 7) is 10.3. The van der Waals surface area contributed by atoms with E-state index in [1.807, 2.05) is 6.07 Å². The van der Waals surface area contributed by atoms with Crippen LogP contribution < -0.4 is 5.73 Å². The summed E-state index contributed by atoms with van der Waals surface area (Å²) < 4.78 is 5.48. The molecule has 3 heteroatoms. The van der Waals surface area contributed by atoms with Crippen LogP contribution in [0.2, 0.25) is 0 Å². The highest BCUT2D eigenvalue weighted by Crippen LogP contribution is 2.14. The molecule has 0 spiro atoms. The van der Waals surface area contributed by atoms with E-state index in [0.717, 1.165) is 36.9 Å². The van der Waals surface area contributed by atoms with Crippen LogP contribution in [0.15, 0.2) is 16.7 Å². The molecule has 0 radical (unpaired) electrons. The number of nitrogens with zero attached hydrogens (tertiary/aromatic N) is 1. The lowest BCUT2D eigenvalue weighted by molar-refractivity contribution is 0.220. The van der Waals surface area contributed by atoms with Gasteiger partial charge in [0.15, 0.2) is 0 Å². The van der Waals surface area contributed by atoms with E-state index >= 15 is 0 Å². The summed E-state index contributed by atoms with van der Waals surface area (Å²) in [5, 5.41) is 0. The van der Waals surface area contributed by atoms with Crippen LogP contribution in [0.3, 0.4) is 0 Å². The van der Waals surface area contributed by atoms with E-state index in [0.29, 0.717) is 6.54 Å². The number of hydrogen-bond acceptors (Lipinski definition) is 3. The van der Waals surface area contributed by atoms with E-state index in [1.54, 1.807) is 6.26 Å². The zero-order valence-electron chi connectivity index (χ0n) is 10.7. The van der Waals surface area contributed by atoms with Crippen molar-refractivity contribution < 1.29 is 4.42 Å². The molecule has 0 aliphatic carbocycles. The van der Waals surface area contributed by atoms with E-state index in [-0.39, 0.29) is 0 Å². The summed E-state index contributed by atoms with van der Waals surface area (Å²) in [7, 11) is 0. The van der Waals surface area contributed by atoms with Crippen LogP contribution in [0.1, 0.15) is 38.5 Å². The quantitative estimate of drug-likeness (QED) is 0.774. The van der Waals surface area contributed by atoms with Gasteiger partial charge in [-0.1, -0.05) is 27.2 Å². The van der Waals surface area contributed by atoms with Crippen LogP contribution in [0.4, 0.5) is 0 Å². The van der Waals surface area contributed by atoms with Gasteiger partial charge in [0, 0.05) is 18.7 Å². The number of hydrogen-bond donors (Lipinski definition) is 1. The summed E-state index contributed by atoms with van der Waals surface area (Å²) in [4.78, 5) is 2.41. The minimum Gasteiger partial charge on any atom is -0.468 e. The van der Waals surface area contributed by atoms with Gasteiger partial charge in [0.25, 0.3) is 0 Å². The van der Waals surface area contributed by atoms with Crippen molar-refractivity contribution in [1.29, 1.82) is 0 Å². The minimum atomic E-state index is 0.562. The average Bonchev–Trinajstić information content (AvgIpc) is 2.75. The van der Waals surface area contributed by atoms with Crippen molar-refractivity contribution in [2.24, 2.45) is 11.7 Å². The molecule has 1 rings (SSSR count). The van der Waals surface area contributed by atoms with Gasteiger partial charge in [-0.25, -0.2) is 0 Å². The van der Waals surface area contributed by atoms with Gasteiger partial charge in [0.1, 0.15) is 5.76 Å². The minimum absolute atomic E-state index is 0.562. The van der Waals surface area contributed by atoms with Gasteiger partial charge in [-0.2, -0.15) is 0 Å². The summed E-state index contributed by atoms with van der Waals surface area (Å²) in [5.41, 5.74) is 6.79. The molecule has 3 nitrogen and oxygen atoms in total. The molecule has 0 amide bonds.